The summed E-state index contributed by atoms with van der Waals surface area (Å²) in [5.74, 6) is -0.202. The lowest BCUT2D eigenvalue weighted by Crippen LogP contribution is -2.65. The summed E-state index contributed by atoms with van der Waals surface area (Å²) in [5, 5.41) is 87.1. The molecule has 0 spiro atoms. The molecule has 2 heterocycles. The number of nitrogens with one attached hydrogen (secondary N) is 1. The third-order valence-corrected chi connectivity index (χ3v) is 17.1. The van der Waals surface area contributed by atoms with Crippen molar-refractivity contribution in [3.05, 3.63) is 0 Å². The SMILES string of the molecule is CCCCCCCCCCCCCCCCCCCCCCCCCCCCCCCCCCCCCCC(=O)NC(COC1OC(CO)C(OC2OC(CO)C(O)C(O)C2O)C(O)C1O)C(O)CCCCCCCCCCC. The Morgan fingerprint density at radius 2 is 0.722 bits per heavy atom. The molecule has 0 radical (unpaired) electrons. The number of carbonyl (C=O) groups excluding carboxylic acids is 1. The highest BCUT2D eigenvalue weighted by atomic mass is 16.7. The standard InChI is InChI=1S/C65H127NO13/c1-3-5-7-9-11-13-14-15-16-17-18-19-20-21-22-23-24-25-26-27-28-29-30-31-32-33-34-35-36-37-38-39-41-43-45-47-49-57(70)66-53(54(69)48-46-44-42-40-12-10-8-6-4-2)52-76-64-62(75)60(73)63(56(51-68)78-64)79-65-61(74)59(72)58(71)55(50-67)77-65/h53-56,58-65,67-69,71-75H,3-52H2,1-2H3,(H,66,70). The number of aliphatic hydroxyl groups excluding tert-OH is 8. The second-order valence-corrected chi connectivity index (χ2v) is 24.3. The maximum absolute atomic E-state index is 13.2. The third kappa shape index (κ3) is 36.4. The van der Waals surface area contributed by atoms with E-state index in [4.69, 9.17) is 18.9 Å². The Balaban J connectivity index is 1.52. The van der Waals surface area contributed by atoms with E-state index in [0.717, 1.165) is 51.4 Å². The lowest BCUT2D eigenvalue weighted by Gasteiger charge is -2.46. The van der Waals surface area contributed by atoms with Gasteiger partial charge in [0.25, 0.3) is 0 Å². The molecule has 2 aliphatic heterocycles. The molecule has 1 amide bonds. The quantitative estimate of drug-likeness (QED) is 0.0259. The second kappa shape index (κ2) is 51.4. The van der Waals surface area contributed by atoms with Crippen molar-refractivity contribution in [2.75, 3.05) is 19.8 Å². The van der Waals surface area contributed by atoms with E-state index in [0.29, 0.717) is 12.8 Å². The minimum Gasteiger partial charge on any atom is -0.394 e. The molecule has 0 saturated carbocycles. The van der Waals surface area contributed by atoms with Crippen molar-refractivity contribution in [1.29, 1.82) is 0 Å². The van der Waals surface area contributed by atoms with Gasteiger partial charge >= 0.3 is 0 Å². The molecule has 2 saturated heterocycles. The summed E-state index contributed by atoms with van der Waals surface area (Å²) in [6.07, 6.45) is 43.2. The zero-order valence-electron chi connectivity index (χ0n) is 50.9. The first-order valence-corrected chi connectivity index (χ1v) is 33.8. The van der Waals surface area contributed by atoms with E-state index >= 15 is 0 Å². The van der Waals surface area contributed by atoms with Crippen LogP contribution in [0.1, 0.15) is 316 Å². The van der Waals surface area contributed by atoms with E-state index < -0.39 is 86.8 Å². The maximum atomic E-state index is 13.2. The lowest BCUT2D eigenvalue weighted by atomic mass is 9.97. The van der Waals surface area contributed by atoms with Crippen molar-refractivity contribution in [1.82, 2.24) is 5.32 Å². The van der Waals surface area contributed by atoms with Gasteiger partial charge in [-0.3, -0.25) is 4.79 Å². The number of aliphatic hydroxyl groups is 8. The van der Waals surface area contributed by atoms with Crippen LogP contribution in [0.25, 0.3) is 0 Å². The van der Waals surface area contributed by atoms with Crippen LogP contribution in [0.5, 0.6) is 0 Å². The van der Waals surface area contributed by atoms with Crippen molar-refractivity contribution in [2.24, 2.45) is 0 Å². The molecule has 0 aromatic rings. The molecule has 9 N–H and O–H groups in total. The first-order chi connectivity index (χ1) is 38.6. The second-order valence-electron chi connectivity index (χ2n) is 24.3. The van der Waals surface area contributed by atoms with Gasteiger partial charge in [0, 0.05) is 6.42 Å². The predicted molar refractivity (Wildman–Crippen MR) is 319 cm³/mol. The average Bonchev–Trinajstić information content (AvgIpc) is 3.47. The van der Waals surface area contributed by atoms with Gasteiger partial charge in [-0.2, -0.15) is 0 Å². The molecule has 0 bridgehead atoms. The number of amides is 1. The first-order valence-electron chi connectivity index (χ1n) is 33.8. The van der Waals surface area contributed by atoms with E-state index in [1.54, 1.807) is 0 Å². The van der Waals surface area contributed by atoms with Crippen molar-refractivity contribution < 1.29 is 64.6 Å². The number of rotatable bonds is 56. The van der Waals surface area contributed by atoms with Gasteiger partial charge in [0.1, 0.15) is 48.8 Å². The molecule has 14 nitrogen and oxygen atoms in total. The Morgan fingerprint density at radius 1 is 0.405 bits per heavy atom. The summed E-state index contributed by atoms with van der Waals surface area (Å²) in [6, 6.07) is -0.821. The van der Waals surface area contributed by atoms with Gasteiger partial charge in [0.2, 0.25) is 5.91 Å². The smallest absolute Gasteiger partial charge is 0.220 e. The fraction of sp³-hybridized carbons (Fsp3) is 0.985. The zero-order chi connectivity index (χ0) is 57.4. The van der Waals surface area contributed by atoms with Crippen LogP contribution in [0.4, 0.5) is 0 Å². The summed E-state index contributed by atoms with van der Waals surface area (Å²) >= 11 is 0. The summed E-state index contributed by atoms with van der Waals surface area (Å²) in [5.41, 5.74) is 0. The van der Waals surface area contributed by atoms with Crippen LogP contribution in [0.2, 0.25) is 0 Å². The highest BCUT2D eigenvalue weighted by Gasteiger charge is 2.51. The van der Waals surface area contributed by atoms with E-state index in [1.165, 1.54) is 238 Å². The molecule has 14 heteroatoms. The molecule has 2 aliphatic rings. The Labute approximate surface area is 483 Å². The Hall–Kier alpha value is -1.01. The van der Waals surface area contributed by atoms with Gasteiger partial charge in [-0.1, -0.05) is 296 Å². The predicted octanol–water partition coefficient (Wildman–Crippen LogP) is 12.8. The minimum absolute atomic E-state index is 0.202. The molecule has 12 atom stereocenters. The van der Waals surface area contributed by atoms with Gasteiger partial charge in [-0.25, -0.2) is 0 Å². The fourth-order valence-corrected chi connectivity index (χ4v) is 11.7. The van der Waals surface area contributed by atoms with Crippen molar-refractivity contribution in [3.8, 4) is 0 Å². The first kappa shape index (κ1) is 74.1. The molecule has 12 unspecified atom stereocenters. The van der Waals surface area contributed by atoms with E-state index in [1.807, 2.05) is 0 Å². The molecule has 0 aliphatic carbocycles. The van der Waals surface area contributed by atoms with Crippen LogP contribution >= 0.6 is 0 Å². The number of unbranched alkanes of at least 4 members (excludes halogenated alkanes) is 43. The average molecular weight is 1130 g/mol. The molecular weight excluding hydrogens is 1000 g/mol. The van der Waals surface area contributed by atoms with Crippen molar-refractivity contribution in [2.45, 2.75) is 389 Å². The molecule has 2 fully saturated rings. The Kier molecular flexibility index (Phi) is 48.2. The monoisotopic (exact) mass is 1130 g/mol. The highest BCUT2D eigenvalue weighted by molar-refractivity contribution is 5.76. The summed E-state index contributed by atoms with van der Waals surface area (Å²) in [6.45, 7) is 2.87. The van der Waals surface area contributed by atoms with Gasteiger partial charge in [0.05, 0.1) is 32.0 Å². The normalized spacial score (nSPS) is 24.3. The zero-order valence-corrected chi connectivity index (χ0v) is 50.9. The summed E-state index contributed by atoms with van der Waals surface area (Å²) in [7, 11) is 0. The minimum atomic E-state index is -1.78. The molecule has 0 aromatic heterocycles. The van der Waals surface area contributed by atoms with Crippen LogP contribution < -0.4 is 5.32 Å². The van der Waals surface area contributed by atoms with Gasteiger partial charge in [-0.15, -0.1) is 0 Å². The van der Waals surface area contributed by atoms with Crippen LogP contribution in [-0.4, -0.2) is 140 Å². The Bertz CT molecular complexity index is 1330. The third-order valence-electron chi connectivity index (χ3n) is 17.1. The van der Waals surface area contributed by atoms with Gasteiger partial charge in [-0.05, 0) is 12.8 Å². The Morgan fingerprint density at radius 3 is 1.08 bits per heavy atom. The fourth-order valence-electron chi connectivity index (χ4n) is 11.7. The van der Waals surface area contributed by atoms with Gasteiger partial charge < -0.3 is 65.1 Å². The number of hydrogen-bond acceptors (Lipinski definition) is 13. The van der Waals surface area contributed by atoms with Crippen molar-refractivity contribution in [3.63, 3.8) is 0 Å². The number of carbonyl (C=O) groups is 1. The molecule has 470 valence electrons. The molecule has 0 aromatic carbocycles. The number of ether oxygens (including phenoxy) is 4. The topological polar surface area (TPSA) is 228 Å². The molecule has 2 rings (SSSR count). The molecule has 79 heavy (non-hydrogen) atoms. The summed E-state index contributed by atoms with van der Waals surface area (Å²) < 4.78 is 22.8. The van der Waals surface area contributed by atoms with E-state index in [9.17, 15) is 45.6 Å². The van der Waals surface area contributed by atoms with Crippen LogP contribution in [0.15, 0.2) is 0 Å². The molecular formula is C65H127NO13. The summed E-state index contributed by atoms with van der Waals surface area (Å²) in [4.78, 5) is 13.2. The highest BCUT2D eigenvalue weighted by Crippen LogP contribution is 2.30. The number of hydrogen-bond donors (Lipinski definition) is 9. The van der Waals surface area contributed by atoms with Crippen LogP contribution in [0, 0.1) is 0 Å². The van der Waals surface area contributed by atoms with Crippen molar-refractivity contribution >= 4 is 5.91 Å². The maximum Gasteiger partial charge on any atom is 0.220 e. The van der Waals surface area contributed by atoms with E-state index in [2.05, 4.69) is 19.2 Å². The lowest BCUT2D eigenvalue weighted by molar-refractivity contribution is -0.359. The van der Waals surface area contributed by atoms with Crippen LogP contribution in [0.3, 0.4) is 0 Å². The van der Waals surface area contributed by atoms with E-state index in [-0.39, 0.29) is 12.5 Å². The largest absolute Gasteiger partial charge is 0.394 e. The van der Waals surface area contributed by atoms with Crippen LogP contribution in [-0.2, 0) is 23.7 Å². The van der Waals surface area contributed by atoms with Gasteiger partial charge in [0.15, 0.2) is 12.6 Å².